The molecule has 0 aliphatic rings. The van der Waals surface area contributed by atoms with Crippen LogP contribution in [0.1, 0.15) is 13.2 Å². The summed E-state index contributed by atoms with van der Waals surface area (Å²) in [6.07, 6.45) is -1.41. The lowest BCUT2D eigenvalue weighted by atomic mass is 10.5. The van der Waals surface area contributed by atoms with Gasteiger partial charge in [-0.15, -0.1) is 0 Å². The van der Waals surface area contributed by atoms with Crippen molar-refractivity contribution in [3.8, 4) is 0 Å². The van der Waals surface area contributed by atoms with Crippen molar-refractivity contribution >= 4 is 7.60 Å². The van der Waals surface area contributed by atoms with E-state index in [0.717, 1.165) is 17.7 Å². The third-order valence-electron chi connectivity index (χ3n) is 2.95. The zero-order valence-electron chi connectivity index (χ0n) is 14.2. The Morgan fingerprint density at radius 3 is 2.60 bits per heavy atom. The predicted octanol–water partition coefficient (Wildman–Crippen LogP) is -0.133. The van der Waals surface area contributed by atoms with Crippen LogP contribution in [0.25, 0.3) is 0 Å². The lowest BCUT2D eigenvalue weighted by molar-refractivity contribution is -0.216. The number of hydrogen-bond donors (Lipinski definition) is 2. The van der Waals surface area contributed by atoms with Crippen molar-refractivity contribution in [2.45, 2.75) is 19.4 Å². The van der Waals surface area contributed by atoms with Gasteiger partial charge in [0.05, 0.1) is 13.2 Å². The molecule has 25 heavy (non-hydrogen) atoms. The molecule has 0 bridgehead atoms. The van der Waals surface area contributed by atoms with Crippen LogP contribution in [0.3, 0.4) is 0 Å². The summed E-state index contributed by atoms with van der Waals surface area (Å²) in [6.45, 7) is 2.01. The minimum absolute atomic E-state index is 0.0427. The van der Waals surface area contributed by atoms with Crippen molar-refractivity contribution in [1.82, 2.24) is 9.55 Å². The molecule has 0 spiro atoms. The summed E-state index contributed by atoms with van der Waals surface area (Å²) in [5, 5.41) is 0. The highest BCUT2D eigenvalue weighted by atomic mass is 31.2. The standard InChI is InChI=1S/C13H23N2O9P/c1-4-22-8-12(23-9-25(18,19)21-3)24-11(7-20-2)15-6-5-10(16)14-13(15)17/h5-6,11-12H,4,7-9H2,1-3H3,(H,18,19)(H,14,16,17)/t11-,12+/m1/s1. The molecule has 1 rings (SSSR count). The minimum Gasteiger partial charge on any atom is -0.380 e. The van der Waals surface area contributed by atoms with E-state index in [0.29, 0.717) is 6.61 Å². The van der Waals surface area contributed by atoms with Gasteiger partial charge >= 0.3 is 13.3 Å². The average molecular weight is 382 g/mol. The summed E-state index contributed by atoms with van der Waals surface area (Å²) in [7, 11) is -1.43. The zero-order valence-corrected chi connectivity index (χ0v) is 15.1. The van der Waals surface area contributed by atoms with Crippen LogP contribution in [-0.2, 0) is 28.0 Å². The zero-order chi connectivity index (χ0) is 18.9. The van der Waals surface area contributed by atoms with Crippen LogP contribution in [-0.4, -0.2) is 61.1 Å². The molecule has 1 heterocycles. The Hall–Kier alpha value is -1.33. The Kier molecular flexibility index (Phi) is 9.22. The Bertz CT molecular complexity index is 674. The van der Waals surface area contributed by atoms with E-state index in [-0.39, 0.29) is 13.2 Å². The first kappa shape index (κ1) is 21.7. The molecule has 1 unspecified atom stereocenters. The number of methoxy groups -OCH3 is 1. The second-order valence-corrected chi connectivity index (χ2v) is 6.67. The molecular formula is C13H23N2O9P. The van der Waals surface area contributed by atoms with E-state index in [2.05, 4.69) is 9.51 Å². The fraction of sp³-hybridized carbons (Fsp3) is 0.692. The molecule has 0 aliphatic carbocycles. The molecule has 0 radical (unpaired) electrons. The van der Waals surface area contributed by atoms with Gasteiger partial charge in [-0.3, -0.25) is 18.9 Å². The van der Waals surface area contributed by atoms with E-state index in [1.807, 2.05) is 0 Å². The number of H-pyrrole nitrogens is 1. The lowest BCUT2D eigenvalue weighted by Gasteiger charge is -2.26. The maximum absolute atomic E-state index is 11.9. The topological polar surface area (TPSA) is 138 Å². The van der Waals surface area contributed by atoms with E-state index in [1.54, 1.807) is 6.92 Å². The SMILES string of the molecule is CCOC[C@@H](OCP(=O)(O)OC)O[C@H](COC)n1ccc(=O)[nH]c1=O. The fourth-order valence-corrected chi connectivity index (χ4v) is 2.19. The third kappa shape index (κ3) is 7.61. The van der Waals surface area contributed by atoms with Gasteiger partial charge in [0, 0.05) is 33.1 Å². The number of hydrogen-bond acceptors (Lipinski definition) is 8. The predicted molar refractivity (Wildman–Crippen MR) is 86.4 cm³/mol. The highest BCUT2D eigenvalue weighted by molar-refractivity contribution is 7.52. The van der Waals surface area contributed by atoms with Crippen molar-refractivity contribution in [3.05, 3.63) is 33.1 Å². The van der Waals surface area contributed by atoms with Crippen molar-refractivity contribution in [1.29, 1.82) is 0 Å². The van der Waals surface area contributed by atoms with Gasteiger partial charge in [-0.05, 0) is 6.92 Å². The first-order valence-electron chi connectivity index (χ1n) is 7.35. The lowest BCUT2D eigenvalue weighted by Crippen LogP contribution is -2.37. The van der Waals surface area contributed by atoms with Crippen LogP contribution >= 0.6 is 7.60 Å². The van der Waals surface area contributed by atoms with Crippen LogP contribution < -0.4 is 11.2 Å². The summed E-state index contributed by atoms with van der Waals surface area (Å²) in [5.41, 5.74) is -1.25. The maximum atomic E-state index is 11.9. The van der Waals surface area contributed by atoms with Gasteiger partial charge in [0.1, 0.15) is 0 Å². The molecule has 1 aromatic rings. The monoisotopic (exact) mass is 382 g/mol. The highest BCUT2D eigenvalue weighted by Gasteiger charge is 2.25. The largest absolute Gasteiger partial charge is 0.380 e. The van der Waals surface area contributed by atoms with Crippen molar-refractivity contribution in [2.75, 3.05) is 40.4 Å². The third-order valence-corrected chi connectivity index (χ3v) is 3.99. The second-order valence-electron chi connectivity index (χ2n) is 4.77. The van der Waals surface area contributed by atoms with Crippen LogP contribution in [0, 0.1) is 0 Å². The molecule has 0 aromatic carbocycles. The minimum atomic E-state index is -3.91. The van der Waals surface area contributed by atoms with Crippen LogP contribution in [0.5, 0.6) is 0 Å². The summed E-state index contributed by atoms with van der Waals surface area (Å²) in [5.74, 6) is 0. The fourth-order valence-electron chi connectivity index (χ4n) is 1.73. The van der Waals surface area contributed by atoms with Gasteiger partial charge in [0.25, 0.3) is 5.56 Å². The average Bonchev–Trinajstić information content (AvgIpc) is 2.57. The smallest absolute Gasteiger partial charge is 0.353 e. The van der Waals surface area contributed by atoms with Crippen LogP contribution in [0.15, 0.2) is 21.9 Å². The molecule has 0 saturated heterocycles. The van der Waals surface area contributed by atoms with Gasteiger partial charge in [-0.25, -0.2) is 4.79 Å². The molecule has 0 fully saturated rings. The summed E-state index contributed by atoms with van der Waals surface area (Å²) >= 11 is 0. The van der Waals surface area contributed by atoms with E-state index in [1.165, 1.54) is 13.3 Å². The molecule has 0 amide bonds. The van der Waals surface area contributed by atoms with Gasteiger partial charge in [0.15, 0.2) is 18.9 Å². The number of rotatable bonds is 12. The molecule has 144 valence electrons. The van der Waals surface area contributed by atoms with E-state index in [4.69, 9.17) is 18.9 Å². The Labute approximate surface area is 144 Å². The number of ether oxygens (including phenoxy) is 4. The summed E-state index contributed by atoms with van der Waals surface area (Å²) in [6, 6.07) is 1.15. The van der Waals surface area contributed by atoms with Crippen molar-refractivity contribution in [3.63, 3.8) is 0 Å². The van der Waals surface area contributed by atoms with Crippen LogP contribution in [0.2, 0.25) is 0 Å². The molecule has 11 nitrogen and oxygen atoms in total. The van der Waals surface area contributed by atoms with E-state index >= 15 is 0 Å². The normalized spacial score (nSPS) is 16.3. The molecule has 12 heteroatoms. The van der Waals surface area contributed by atoms with Crippen LogP contribution in [0.4, 0.5) is 0 Å². The van der Waals surface area contributed by atoms with Crippen molar-refractivity contribution in [2.24, 2.45) is 0 Å². The van der Waals surface area contributed by atoms with E-state index in [9.17, 15) is 19.0 Å². The molecule has 2 N–H and O–H groups in total. The van der Waals surface area contributed by atoms with Gasteiger partial charge in [-0.2, -0.15) is 0 Å². The van der Waals surface area contributed by atoms with Crippen molar-refractivity contribution < 1.29 is 32.9 Å². The molecule has 3 atom stereocenters. The van der Waals surface area contributed by atoms with Gasteiger partial charge < -0.3 is 28.4 Å². The number of nitrogens with zero attached hydrogens (tertiary/aromatic N) is 1. The molecule has 0 aliphatic heterocycles. The maximum Gasteiger partial charge on any atom is 0.353 e. The Morgan fingerprint density at radius 2 is 2.04 bits per heavy atom. The number of aromatic nitrogens is 2. The number of nitrogens with one attached hydrogen (secondary N) is 1. The second kappa shape index (κ2) is 10.6. The molecule has 0 saturated carbocycles. The molecule has 1 aromatic heterocycles. The van der Waals surface area contributed by atoms with Gasteiger partial charge in [-0.1, -0.05) is 0 Å². The Morgan fingerprint density at radius 1 is 1.32 bits per heavy atom. The molecular weight excluding hydrogens is 359 g/mol. The summed E-state index contributed by atoms with van der Waals surface area (Å²) in [4.78, 5) is 34.6. The summed E-state index contributed by atoms with van der Waals surface area (Å²) < 4.78 is 38.1. The first-order chi connectivity index (χ1) is 11.8. The Balaban J connectivity index is 2.92. The number of aromatic amines is 1. The first-order valence-corrected chi connectivity index (χ1v) is 9.12. The van der Waals surface area contributed by atoms with Gasteiger partial charge in [0.2, 0.25) is 0 Å². The highest BCUT2D eigenvalue weighted by Crippen LogP contribution is 2.40. The quantitative estimate of drug-likeness (QED) is 0.374. The van der Waals surface area contributed by atoms with E-state index < -0.39 is 37.7 Å².